The number of imidazole rings is 1. The highest BCUT2D eigenvalue weighted by molar-refractivity contribution is 9.10. The van der Waals surface area contributed by atoms with Crippen molar-refractivity contribution in [2.75, 3.05) is 6.61 Å². The summed E-state index contributed by atoms with van der Waals surface area (Å²) in [7, 11) is 0. The third-order valence-corrected chi connectivity index (χ3v) is 3.41. The van der Waals surface area contributed by atoms with Crippen LogP contribution in [0.1, 0.15) is 17.0 Å². The first-order chi connectivity index (χ1) is 8.11. The topological polar surface area (TPSA) is 48.9 Å². The number of nitrogens with zero attached hydrogens (tertiary/aromatic N) is 1. The summed E-state index contributed by atoms with van der Waals surface area (Å²) in [6.45, 7) is 4.29. The van der Waals surface area contributed by atoms with Crippen LogP contribution < -0.4 is 0 Å². The first-order valence-electron chi connectivity index (χ1n) is 5.54. The molecule has 0 unspecified atom stereocenters. The fourth-order valence-electron chi connectivity index (χ4n) is 1.70. The van der Waals surface area contributed by atoms with Crippen LogP contribution in [0.4, 0.5) is 0 Å². The Morgan fingerprint density at radius 1 is 1.29 bits per heavy atom. The van der Waals surface area contributed by atoms with E-state index in [4.69, 9.17) is 5.11 Å². The monoisotopic (exact) mass is 294 g/mol. The molecule has 0 fully saturated rings. The third kappa shape index (κ3) is 2.58. The van der Waals surface area contributed by atoms with Gasteiger partial charge in [-0.05, 0) is 47.0 Å². The highest BCUT2D eigenvalue weighted by Gasteiger charge is 2.10. The normalized spacial score (nSPS) is 10.8. The molecule has 0 saturated heterocycles. The fourth-order valence-corrected chi connectivity index (χ4v) is 2.25. The standard InChI is InChI=1S/C13H15BrN2O/c1-8-3-4-10(7-9(8)2)12-13(14)16-11(15-12)5-6-17/h3-4,7,17H,5-6H2,1-2H3,(H,15,16). The molecule has 0 saturated carbocycles. The van der Waals surface area contributed by atoms with Crippen molar-refractivity contribution < 1.29 is 5.11 Å². The summed E-state index contributed by atoms with van der Waals surface area (Å²) in [5.74, 6) is 0.799. The first-order valence-corrected chi connectivity index (χ1v) is 6.34. The van der Waals surface area contributed by atoms with E-state index in [1.165, 1.54) is 11.1 Å². The molecule has 4 heteroatoms. The van der Waals surface area contributed by atoms with Crippen LogP contribution in [0.25, 0.3) is 11.3 Å². The zero-order valence-corrected chi connectivity index (χ0v) is 11.5. The molecule has 0 aliphatic rings. The van der Waals surface area contributed by atoms with Gasteiger partial charge in [0.25, 0.3) is 0 Å². The van der Waals surface area contributed by atoms with Gasteiger partial charge in [-0.15, -0.1) is 0 Å². The van der Waals surface area contributed by atoms with Crippen LogP contribution >= 0.6 is 15.9 Å². The van der Waals surface area contributed by atoms with Crippen LogP contribution in [-0.4, -0.2) is 21.7 Å². The smallest absolute Gasteiger partial charge is 0.110 e. The molecule has 2 rings (SSSR count). The van der Waals surface area contributed by atoms with Crippen molar-refractivity contribution >= 4 is 15.9 Å². The molecule has 0 aliphatic heterocycles. The van der Waals surface area contributed by atoms with Gasteiger partial charge in [0, 0.05) is 12.0 Å². The number of halogens is 1. The molecular formula is C13H15BrN2O. The number of aryl methyl sites for hydroxylation is 2. The lowest BCUT2D eigenvalue weighted by Gasteiger charge is -2.03. The number of H-pyrrole nitrogens is 1. The predicted molar refractivity (Wildman–Crippen MR) is 72.0 cm³/mol. The van der Waals surface area contributed by atoms with Crippen LogP contribution in [0.3, 0.4) is 0 Å². The Hall–Kier alpha value is -1.13. The number of hydrogen-bond donors (Lipinski definition) is 2. The first kappa shape index (κ1) is 12.3. The van der Waals surface area contributed by atoms with Gasteiger partial charge in [-0.2, -0.15) is 0 Å². The second kappa shape index (κ2) is 5.02. The molecular weight excluding hydrogens is 280 g/mol. The zero-order chi connectivity index (χ0) is 12.4. The molecule has 0 radical (unpaired) electrons. The predicted octanol–water partition coefficient (Wildman–Crippen LogP) is 2.99. The second-order valence-electron chi connectivity index (χ2n) is 4.12. The third-order valence-electron chi connectivity index (χ3n) is 2.84. The molecule has 17 heavy (non-hydrogen) atoms. The number of aliphatic hydroxyl groups excluding tert-OH is 1. The van der Waals surface area contributed by atoms with Gasteiger partial charge in [-0.3, -0.25) is 0 Å². The summed E-state index contributed by atoms with van der Waals surface area (Å²) < 4.78 is 0.865. The largest absolute Gasteiger partial charge is 0.396 e. The van der Waals surface area contributed by atoms with Crippen molar-refractivity contribution in [1.82, 2.24) is 9.97 Å². The maximum atomic E-state index is 8.90. The van der Waals surface area contributed by atoms with Crippen LogP contribution in [0.5, 0.6) is 0 Å². The number of nitrogens with one attached hydrogen (secondary N) is 1. The van der Waals surface area contributed by atoms with Crippen LogP contribution in [0, 0.1) is 13.8 Å². The Morgan fingerprint density at radius 2 is 2.06 bits per heavy atom. The Kier molecular flexibility index (Phi) is 3.64. The van der Waals surface area contributed by atoms with E-state index in [0.717, 1.165) is 21.7 Å². The van der Waals surface area contributed by atoms with E-state index in [2.05, 4.69) is 57.9 Å². The summed E-state index contributed by atoms with van der Waals surface area (Å²) in [4.78, 5) is 7.60. The minimum absolute atomic E-state index is 0.103. The number of aromatic amines is 1. The summed E-state index contributed by atoms with van der Waals surface area (Å²) in [5.41, 5.74) is 4.51. The fraction of sp³-hybridized carbons (Fsp3) is 0.308. The minimum Gasteiger partial charge on any atom is -0.396 e. The van der Waals surface area contributed by atoms with Gasteiger partial charge in [0.2, 0.25) is 0 Å². The average molecular weight is 295 g/mol. The summed E-state index contributed by atoms with van der Waals surface area (Å²) in [6, 6.07) is 6.28. The maximum Gasteiger partial charge on any atom is 0.110 e. The van der Waals surface area contributed by atoms with E-state index >= 15 is 0 Å². The Bertz CT molecular complexity index is 534. The van der Waals surface area contributed by atoms with Gasteiger partial charge in [0.1, 0.15) is 16.1 Å². The molecule has 1 aromatic heterocycles. The van der Waals surface area contributed by atoms with Crippen molar-refractivity contribution in [2.24, 2.45) is 0 Å². The SMILES string of the molecule is Cc1ccc(-c2nc(CCO)[nH]c2Br)cc1C. The van der Waals surface area contributed by atoms with E-state index in [-0.39, 0.29) is 6.61 Å². The number of benzene rings is 1. The van der Waals surface area contributed by atoms with Crippen LogP contribution in [-0.2, 0) is 6.42 Å². The molecule has 0 atom stereocenters. The lowest BCUT2D eigenvalue weighted by molar-refractivity contribution is 0.297. The van der Waals surface area contributed by atoms with Gasteiger partial charge in [-0.1, -0.05) is 12.1 Å². The van der Waals surface area contributed by atoms with Gasteiger partial charge < -0.3 is 10.1 Å². The van der Waals surface area contributed by atoms with Crippen molar-refractivity contribution in [2.45, 2.75) is 20.3 Å². The van der Waals surface area contributed by atoms with Crippen molar-refractivity contribution in [3.63, 3.8) is 0 Å². The lowest BCUT2D eigenvalue weighted by Crippen LogP contribution is -1.92. The zero-order valence-electron chi connectivity index (χ0n) is 9.92. The Labute approximate surface area is 109 Å². The van der Waals surface area contributed by atoms with Gasteiger partial charge in [-0.25, -0.2) is 4.98 Å². The van der Waals surface area contributed by atoms with Crippen molar-refractivity contribution in [3.05, 3.63) is 39.8 Å². The molecule has 0 aliphatic carbocycles. The average Bonchev–Trinajstić information content (AvgIpc) is 2.64. The van der Waals surface area contributed by atoms with Gasteiger partial charge in [0.15, 0.2) is 0 Å². The highest BCUT2D eigenvalue weighted by atomic mass is 79.9. The van der Waals surface area contributed by atoms with Crippen molar-refractivity contribution in [1.29, 1.82) is 0 Å². The molecule has 2 aromatic rings. The molecule has 2 N–H and O–H groups in total. The Balaban J connectivity index is 2.41. The van der Waals surface area contributed by atoms with E-state index < -0.39 is 0 Å². The highest BCUT2D eigenvalue weighted by Crippen LogP contribution is 2.27. The summed E-state index contributed by atoms with van der Waals surface area (Å²) >= 11 is 3.47. The maximum absolute atomic E-state index is 8.90. The summed E-state index contributed by atoms with van der Waals surface area (Å²) in [5, 5.41) is 8.90. The number of aliphatic hydroxyl groups is 1. The second-order valence-corrected chi connectivity index (χ2v) is 4.91. The molecule has 3 nitrogen and oxygen atoms in total. The number of hydrogen-bond acceptors (Lipinski definition) is 2. The van der Waals surface area contributed by atoms with Gasteiger partial charge >= 0.3 is 0 Å². The molecule has 0 amide bonds. The molecule has 0 spiro atoms. The van der Waals surface area contributed by atoms with Crippen molar-refractivity contribution in [3.8, 4) is 11.3 Å². The Morgan fingerprint density at radius 3 is 2.71 bits per heavy atom. The quantitative estimate of drug-likeness (QED) is 0.914. The van der Waals surface area contributed by atoms with E-state index in [9.17, 15) is 0 Å². The van der Waals surface area contributed by atoms with E-state index in [0.29, 0.717) is 6.42 Å². The van der Waals surface area contributed by atoms with E-state index in [1.807, 2.05) is 0 Å². The molecule has 1 aromatic carbocycles. The lowest BCUT2D eigenvalue weighted by atomic mass is 10.0. The molecule has 0 bridgehead atoms. The minimum atomic E-state index is 0.103. The summed E-state index contributed by atoms with van der Waals surface area (Å²) in [6.07, 6.45) is 0.545. The van der Waals surface area contributed by atoms with Crippen LogP contribution in [0.15, 0.2) is 22.8 Å². The van der Waals surface area contributed by atoms with Gasteiger partial charge in [0.05, 0.1) is 6.61 Å². The van der Waals surface area contributed by atoms with E-state index in [1.54, 1.807) is 0 Å². The number of aromatic nitrogens is 2. The number of rotatable bonds is 3. The molecule has 1 heterocycles. The molecule has 90 valence electrons. The van der Waals surface area contributed by atoms with Crippen LogP contribution in [0.2, 0.25) is 0 Å².